The minimum Gasteiger partial charge on any atom is -0.508 e. The molecule has 1 aromatic rings. The molecule has 6 heteroatoms. The van der Waals surface area contributed by atoms with Crippen LogP contribution in [0.4, 0.5) is 10.5 Å². The first-order chi connectivity index (χ1) is 9.71. The van der Waals surface area contributed by atoms with Crippen molar-refractivity contribution in [2.24, 2.45) is 0 Å². The van der Waals surface area contributed by atoms with E-state index >= 15 is 0 Å². The molecule has 6 nitrogen and oxygen atoms in total. The molecule has 1 atom stereocenters. The van der Waals surface area contributed by atoms with Crippen molar-refractivity contribution in [3.63, 3.8) is 0 Å². The number of carbonyl (C=O) groups is 2. The van der Waals surface area contributed by atoms with Gasteiger partial charge in [0.05, 0.1) is 0 Å². The molecule has 0 saturated carbocycles. The van der Waals surface area contributed by atoms with Crippen LogP contribution in [-0.2, 0) is 9.53 Å². The zero-order valence-corrected chi connectivity index (χ0v) is 12.8. The summed E-state index contributed by atoms with van der Waals surface area (Å²) < 4.78 is 5.12. The Balaban J connectivity index is 2.61. The maximum Gasteiger partial charge on any atom is 0.408 e. The molecule has 116 valence electrons. The molecule has 0 spiro atoms. The normalized spacial score (nSPS) is 12.4. The number of aromatic hydroxyl groups is 1. The van der Waals surface area contributed by atoms with Crippen LogP contribution < -0.4 is 10.6 Å². The van der Waals surface area contributed by atoms with E-state index in [1.807, 2.05) is 0 Å². The molecule has 1 unspecified atom stereocenters. The molecule has 0 aliphatic carbocycles. The summed E-state index contributed by atoms with van der Waals surface area (Å²) in [4.78, 5) is 23.8. The number of phenols is 1. The van der Waals surface area contributed by atoms with Gasteiger partial charge in [-0.25, -0.2) is 4.79 Å². The van der Waals surface area contributed by atoms with Gasteiger partial charge in [-0.05, 0) is 51.5 Å². The first-order valence-corrected chi connectivity index (χ1v) is 6.80. The van der Waals surface area contributed by atoms with Crippen molar-refractivity contribution < 1.29 is 19.4 Å². The summed E-state index contributed by atoms with van der Waals surface area (Å²) in [7, 11) is 0. The van der Waals surface area contributed by atoms with Gasteiger partial charge in [-0.2, -0.15) is 0 Å². The molecule has 1 aromatic carbocycles. The minimum atomic E-state index is -0.686. The minimum absolute atomic E-state index is 0.118. The summed E-state index contributed by atoms with van der Waals surface area (Å²) in [6.07, 6.45) is -0.196. The summed E-state index contributed by atoms with van der Waals surface area (Å²) in [5.41, 5.74) is -0.0715. The number of rotatable bonds is 4. The van der Waals surface area contributed by atoms with Crippen LogP contribution in [0.3, 0.4) is 0 Å². The highest BCUT2D eigenvalue weighted by Crippen LogP contribution is 2.14. The Morgan fingerprint density at radius 2 is 1.81 bits per heavy atom. The number of amides is 2. The van der Waals surface area contributed by atoms with Crippen LogP contribution in [0.1, 0.15) is 34.1 Å². The van der Waals surface area contributed by atoms with Gasteiger partial charge in [0.25, 0.3) is 0 Å². The van der Waals surface area contributed by atoms with Gasteiger partial charge in [0, 0.05) is 5.69 Å². The number of alkyl carbamates (subject to hydrolysis) is 1. The number of hydrogen-bond acceptors (Lipinski definition) is 4. The number of benzene rings is 1. The van der Waals surface area contributed by atoms with Gasteiger partial charge in [-0.3, -0.25) is 4.79 Å². The molecule has 0 radical (unpaired) electrons. The van der Waals surface area contributed by atoms with Crippen molar-refractivity contribution in [2.45, 2.75) is 45.8 Å². The zero-order valence-electron chi connectivity index (χ0n) is 12.8. The number of ether oxygens (including phenoxy) is 1. The van der Waals surface area contributed by atoms with Crippen molar-refractivity contribution in [1.29, 1.82) is 0 Å². The van der Waals surface area contributed by atoms with Crippen LogP contribution >= 0.6 is 0 Å². The van der Waals surface area contributed by atoms with Crippen molar-refractivity contribution >= 4 is 17.7 Å². The van der Waals surface area contributed by atoms with E-state index in [4.69, 9.17) is 4.74 Å². The highest BCUT2D eigenvalue weighted by atomic mass is 16.6. The van der Waals surface area contributed by atoms with Crippen molar-refractivity contribution in [1.82, 2.24) is 5.32 Å². The maximum atomic E-state index is 12.1. The van der Waals surface area contributed by atoms with Crippen LogP contribution in [0.2, 0.25) is 0 Å². The van der Waals surface area contributed by atoms with E-state index in [0.29, 0.717) is 12.1 Å². The third kappa shape index (κ3) is 6.16. The van der Waals surface area contributed by atoms with E-state index in [1.54, 1.807) is 39.8 Å². The van der Waals surface area contributed by atoms with E-state index in [-0.39, 0.29) is 11.7 Å². The summed E-state index contributed by atoms with van der Waals surface area (Å²) in [5, 5.41) is 14.4. The SMILES string of the molecule is CCC(NC(=O)OC(C)(C)C)C(=O)Nc1ccc(O)cc1. The monoisotopic (exact) mass is 294 g/mol. The van der Waals surface area contributed by atoms with Crippen molar-refractivity contribution in [3.8, 4) is 5.75 Å². The molecule has 0 aromatic heterocycles. The Kier molecular flexibility index (Phi) is 5.58. The molecule has 0 heterocycles. The maximum absolute atomic E-state index is 12.1. The van der Waals surface area contributed by atoms with Gasteiger partial charge in [-0.15, -0.1) is 0 Å². The fourth-order valence-corrected chi connectivity index (χ4v) is 1.58. The van der Waals surface area contributed by atoms with E-state index in [9.17, 15) is 14.7 Å². The Hall–Kier alpha value is -2.24. The standard InChI is InChI=1S/C15H22N2O4/c1-5-12(17-14(20)21-15(2,3)4)13(19)16-10-6-8-11(18)9-7-10/h6-9,12,18H,5H2,1-4H3,(H,16,19)(H,17,20). The summed E-state index contributed by atoms with van der Waals surface area (Å²) in [6, 6.07) is 5.41. The first kappa shape index (κ1) is 16.8. The quantitative estimate of drug-likeness (QED) is 0.745. The molecule has 3 N–H and O–H groups in total. The molecule has 0 bridgehead atoms. The van der Waals surface area contributed by atoms with E-state index in [2.05, 4.69) is 10.6 Å². The van der Waals surface area contributed by atoms with E-state index in [1.165, 1.54) is 12.1 Å². The summed E-state index contributed by atoms with van der Waals surface area (Å²) >= 11 is 0. The summed E-state index contributed by atoms with van der Waals surface area (Å²) in [5.74, 6) is -0.221. The average molecular weight is 294 g/mol. The van der Waals surface area contributed by atoms with Gasteiger partial charge in [0.1, 0.15) is 17.4 Å². The van der Waals surface area contributed by atoms with Gasteiger partial charge < -0.3 is 20.5 Å². The second kappa shape index (κ2) is 6.97. The predicted octanol–water partition coefficient (Wildman–Crippen LogP) is 2.63. The smallest absolute Gasteiger partial charge is 0.408 e. The average Bonchev–Trinajstić information content (AvgIpc) is 2.36. The van der Waals surface area contributed by atoms with E-state index in [0.717, 1.165) is 0 Å². The zero-order chi connectivity index (χ0) is 16.0. The number of carbonyl (C=O) groups excluding carboxylic acids is 2. The second-order valence-electron chi connectivity index (χ2n) is 5.64. The molecule has 1 rings (SSSR count). The van der Waals surface area contributed by atoms with Gasteiger partial charge in [0.15, 0.2) is 0 Å². The van der Waals surface area contributed by atoms with Gasteiger partial charge >= 0.3 is 6.09 Å². The molecule has 2 amide bonds. The van der Waals surface area contributed by atoms with Gasteiger partial charge in [-0.1, -0.05) is 6.92 Å². The lowest BCUT2D eigenvalue weighted by atomic mass is 10.2. The number of nitrogens with one attached hydrogen (secondary N) is 2. The molecule has 0 fully saturated rings. The number of phenolic OH excluding ortho intramolecular Hbond substituents is 1. The Morgan fingerprint density at radius 1 is 1.24 bits per heavy atom. The lowest BCUT2D eigenvalue weighted by molar-refractivity contribution is -0.118. The summed E-state index contributed by atoms with van der Waals surface area (Å²) in [6.45, 7) is 7.05. The number of hydrogen-bond donors (Lipinski definition) is 3. The topological polar surface area (TPSA) is 87.7 Å². The van der Waals surface area contributed by atoms with Crippen LogP contribution in [0.5, 0.6) is 5.75 Å². The Morgan fingerprint density at radius 3 is 2.29 bits per heavy atom. The van der Waals surface area contributed by atoms with Crippen LogP contribution in [-0.4, -0.2) is 28.7 Å². The Bertz CT molecular complexity index is 491. The highest BCUT2D eigenvalue weighted by Gasteiger charge is 2.23. The first-order valence-electron chi connectivity index (χ1n) is 6.80. The largest absolute Gasteiger partial charge is 0.508 e. The fourth-order valence-electron chi connectivity index (χ4n) is 1.58. The molecular formula is C15H22N2O4. The predicted molar refractivity (Wildman–Crippen MR) is 80.2 cm³/mol. The lowest BCUT2D eigenvalue weighted by Gasteiger charge is -2.22. The Labute approximate surface area is 124 Å². The van der Waals surface area contributed by atoms with Crippen LogP contribution in [0.15, 0.2) is 24.3 Å². The van der Waals surface area contributed by atoms with E-state index < -0.39 is 17.7 Å². The molecule has 21 heavy (non-hydrogen) atoms. The molecule has 0 aliphatic rings. The second-order valence-corrected chi connectivity index (χ2v) is 5.64. The third-order valence-corrected chi connectivity index (χ3v) is 2.55. The lowest BCUT2D eigenvalue weighted by Crippen LogP contribution is -2.45. The van der Waals surface area contributed by atoms with Gasteiger partial charge in [0.2, 0.25) is 5.91 Å². The van der Waals surface area contributed by atoms with Crippen molar-refractivity contribution in [3.05, 3.63) is 24.3 Å². The molecule has 0 aliphatic heterocycles. The number of anilines is 1. The van der Waals surface area contributed by atoms with Crippen molar-refractivity contribution in [2.75, 3.05) is 5.32 Å². The fraction of sp³-hybridized carbons (Fsp3) is 0.467. The third-order valence-electron chi connectivity index (χ3n) is 2.55. The molecule has 0 saturated heterocycles. The highest BCUT2D eigenvalue weighted by molar-refractivity contribution is 5.96. The molecular weight excluding hydrogens is 272 g/mol. The van der Waals surface area contributed by atoms with Crippen LogP contribution in [0, 0.1) is 0 Å². The van der Waals surface area contributed by atoms with Crippen LogP contribution in [0.25, 0.3) is 0 Å².